The third kappa shape index (κ3) is 3.73. The van der Waals surface area contributed by atoms with E-state index >= 15 is 0 Å². The number of hydrogen-bond acceptors (Lipinski definition) is 2. The Morgan fingerprint density at radius 2 is 1.67 bits per heavy atom. The molecular formula is C18H27N3. The number of aromatic nitrogens is 2. The summed E-state index contributed by atoms with van der Waals surface area (Å²) in [5.41, 5.74) is 2.88. The highest BCUT2D eigenvalue weighted by atomic mass is 15.1. The van der Waals surface area contributed by atoms with Crippen molar-refractivity contribution in [3.8, 4) is 0 Å². The Kier molecular flexibility index (Phi) is 4.52. The monoisotopic (exact) mass is 285 g/mol. The highest BCUT2D eigenvalue weighted by Crippen LogP contribution is 2.24. The van der Waals surface area contributed by atoms with Crippen LogP contribution in [0.15, 0.2) is 36.7 Å². The van der Waals surface area contributed by atoms with Gasteiger partial charge in [-0.3, -0.25) is 0 Å². The van der Waals surface area contributed by atoms with E-state index in [2.05, 4.69) is 73.8 Å². The van der Waals surface area contributed by atoms with Crippen molar-refractivity contribution < 1.29 is 0 Å². The Labute approximate surface area is 128 Å². The molecule has 3 heteroatoms. The number of aryl methyl sites for hydroxylation is 1. The molecule has 0 aliphatic heterocycles. The lowest BCUT2D eigenvalue weighted by molar-refractivity contribution is 0.466. The summed E-state index contributed by atoms with van der Waals surface area (Å²) >= 11 is 0. The van der Waals surface area contributed by atoms with Crippen LogP contribution in [0.4, 0.5) is 0 Å². The van der Waals surface area contributed by atoms with Crippen molar-refractivity contribution in [3.05, 3.63) is 53.6 Å². The summed E-state index contributed by atoms with van der Waals surface area (Å²) in [6, 6.07) is 9.44. The Morgan fingerprint density at radius 3 is 2.14 bits per heavy atom. The van der Waals surface area contributed by atoms with Crippen LogP contribution in [0.1, 0.15) is 63.7 Å². The van der Waals surface area contributed by atoms with E-state index in [-0.39, 0.29) is 11.5 Å². The van der Waals surface area contributed by atoms with Gasteiger partial charge in [0.05, 0.1) is 6.04 Å². The van der Waals surface area contributed by atoms with Crippen molar-refractivity contribution in [2.24, 2.45) is 7.05 Å². The van der Waals surface area contributed by atoms with Crippen LogP contribution in [0.25, 0.3) is 0 Å². The first-order valence-electron chi connectivity index (χ1n) is 7.62. The van der Waals surface area contributed by atoms with Crippen LogP contribution < -0.4 is 5.32 Å². The molecule has 21 heavy (non-hydrogen) atoms. The molecule has 114 valence electrons. The lowest BCUT2D eigenvalue weighted by atomic mass is 9.86. The summed E-state index contributed by atoms with van der Waals surface area (Å²) in [4.78, 5) is 4.41. The highest BCUT2D eigenvalue weighted by molar-refractivity contribution is 5.29. The van der Waals surface area contributed by atoms with Gasteiger partial charge in [0, 0.05) is 25.5 Å². The van der Waals surface area contributed by atoms with Crippen LogP contribution >= 0.6 is 0 Å². The van der Waals surface area contributed by atoms with Crippen molar-refractivity contribution in [1.82, 2.24) is 14.9 Å². The van der Waals surface area contributed by atoms with E-state index in [0.29, 0.717) is 6.04 Å². The second-order valence-electron chi connectivity index (χ2n) is 6.88. The van der Waals surface area contributed by atoms with Gasteiger partial charge in [0.1, 0.15) is 5.82 Å². The van der Waals surface area contributed by atoms with Crippen LogP contribution in [0, 0.1) is 0 Å². The smallest absolute Gasteiger partial charge is 0.125 e. The molecule has 1 heterocycles. The van der Waals surface area contributed by atoms with Gasteiger partial charge in [-0.1, -0.05) is 45.0 Å². The topological polar surface area (TPSA) is 29.9 Å². The molecule has 1 aromatic heterocycles. The number of hydrogen-bond donors (Lipinski definition) is 1. The third-order valence-electron chi connectivity index (χ3n) is 4.02. The van der Waals surface area contributed by atoms with E-state index in [4.69, 9.17) is 0 Å². The number of nitrogens with zero attached hydrogens (tertiary/aromatic N) is 2. The first kappa shape index (κ1) is 15.8. The van der Waals surface area contributed by atoms with Crippen molar-refractivity contribution in [2.75, 3.05) is 0 Å². The molecule has 0 spiro atoms. The molecule has 0 radical (unpaired) electrons. The predicted octanol–water partition coefficient (Wildman–Crippen LogP) is 4.13. The third-order valence-corrected chi connectivity index (χ3v) is 4.02. The first-order valence-corrected chi connectivity index (χ1v) is 7.62. The lowest BCUT2D eigenvalue weighted by Crippen LogP contribution is -2.24. The Morgan fingerprint density at radius 1 is 1.05 bits per heavy atom. The Bertz CT molecular complexity index is 575. The quantitative estimate of drug-likeness (QED) is 0.915. The van der Waals surface area contributed by atoms with Gasteiger partial charge in [-0.25, -0.2) is 4.98 Å². The molecule has 2 aromatic rings. The van der Waals surface area contributed by atoms with E-state index in [0.717, 1.165) is 5.82 Å². The zero-order valence-electron chi connectivity index (χ0n) is 14.0. The minimum Gasteiger partial charge on any atom is -0.337 e. The number of benzene rings is 1. The number of imidazole rings is 1. The number of rotatable bonds is 4. The van der Waals surface area contributed by atoms with E-state index in [9.17, 15) is 0 Å². The zero-order chi connectivity index (χ0) is 15.6. The summed E-state index contributed by atoms with van der Waals surface area (Å²) in [7, 11) is 2.03. The molecule has 2 unspecified atom stereocenters. The Balaban J connectivity index is 2.07. The second kappa shape index (κ2) is 6.02. The van der Waals surface area contributed by atoms with Gasteiger partial charge in [-0.15, -0.1) is 0 Å². The average Bonchev–Trinajstić information content (AvgIpc) is 2.84. The zero-order valence-corrected chi connectivity index (χ0v) is 14.0. The molecule has 2 rings (SSSR count). The van der Waals surface area contributed by atoms with E-state index in [1.807, 2.05) is 19.4 Å². The van der Waals surface area contributed by atoms with Crippen molar-refractivity contribution in [3.63, 3.8) is 0 Å². The van der Waals surface area contributed by atoms with Crippen molar-refractivity contribution in [1.29, 1.82) is 0 Å². The van der Waals surface area contributed by atoms with Crippen LogP contribution in [0.3, 0.4) is 0 Å². The molecule has 0 amide bonds. The highest BCUT2D eigenvalue weighted by Gasteiger charge is 2.16. The maximum absolute atomic E-state index is 4.41. The van der Waals surface area contributed by atoms with Gasteiger partial charge in [0.25, 0.3) is 0 Å². The normalized spacial score (nSPS) is 15.0. The van der Waals surface area contributed by atoms with Crippen molar-refractivity contribution >= 4 is 0 Å². The van der Waals surface area contributed by atoms with Gasteiger partial charge in [-0.2, -0.15) is 0 Å². The summed E-state index contributed by atoms with van der Waals surface area (Å²) in [5, 5.41) is 3.61. The van der Waals surface area contributed by atoms with E-state index < -0.39 is 0 Å². The molecule has 1 aromatic carbocycles. The van der Waals surface area contributed by atoms with Crippen LogP contribution in [-0.4, -0.2) is 9.55 Å². The second-order valence-corrected chi connectivity index (χ2v) is 6.88. The minimum absolute atomic E-state index is 0.204. The van der Waals surface area contributed by atoms with Crippen LogP contribution in [0.5, 0.6) is 0 Å². The van der Waals surface area contributed by atoms with Crippen LogP contribution in [-0.2, 0) is 12.5 Å². The molecule has 2 atom stereocenters. The maximum atomic E-state index is 4.41. The first-order chi connectivity index (χ1) is 9.79. The summed E-state index contributed by atoms with van der Waals surface area (Å²) < 4.78 is 2.06. The minimum atomic E-state index is 0.204. The van der Waals surface area contributed by atoms with Crippen molar-refractivity contribution in [2.45, 2.75) is 52.1 Å². The SMILES string of the molecule is CC(NC(C)c1nccn1C)c1ccc(C(C)(C)C)cc1. The molecule has 0 aliphatic rings. The average molecular weight is 285 g/mol. The van der Waals surface area contributed by atoms with E-state index in [1.165, 1.54) is 11.1 Å². The molecule has 0 bridgehead atoms. The fraction of sp³-hybridized carbons (Fsp3) is 0.500. The van der Waals surface area contributed by atoms with Gasteiger partial charge in [0.15, 0.2) is 0 Å². The molecular weight excluding hydrogens is 258 g/mol. The molecule has 0 saturated heterocycles. The summed E-state index contributed by atoms with van der Waals surface area (Å²) in [6.07, 6.45) is 3.83. The Hall–Kier alpha value is -1.61. The molecule has 0 aliphatic carbocycles. The fourth-order valence-electron chi connectivity index (χ4n) is 2.61. The predicted molar refractivity (Wildman–Crippen MR) is 88.3 cm³/mol. The van der Waals surface area contributed by atoms with E-state index in [1.54, 1.807) is 0 Å². The molecule has 1 N–H and O–H groups in total. The summed E-state index contributed by atoms with van der Waals surface area (Å²) in [6.45, 7) is 11.1. The maximum Gasteiger partial charge on any atom is 0.125 e. The lowest BCUT2D eigenvalue weighted by Gasteiger charge is -2.22. The van der Waals surface area contributed by atoms with Crippen LogP contribution in [0.2, 0.25) is 0 Å². The fourth-order valence-corrected chi connectivity index (χ4v) is 2.61. The van der Waals surface area contributed by atoms with Gasteiger partial charge in [0.2, 0.25) is 0 Å². The van der Waals surface area contributed by atoms with Gasteiger partial charge in [-0.05, 0) is 30.4 Å². The molecule has 0 saturated carbocycles. The summed E-state index contributed by atoms with van der Waals surface area (Å²) in [5.74, 6) is 1.06. The molecule has 0 fully saturated rings. The molecule has 3 nitrogen and oxygen atoms in total. The largest absolute Gasteiger partial charge is 0.337 e. The standard InChI is InChI=1S/C18H27N3/c1-13(20-14(2)17-19-11-12-21(17)6)15-7-9-16(10-8-15)18(3,4)5/h7-14,20H,1-6H3. The van der Waals surface area contributed by atoms with Gasteiger partial charge < -0.3 is 9.88 Å². The number of nitrogens with one attached hydrogen (secondary N) is 1. The van der Waals surface area contributed by atoms with Gasteiger partial charge >= 0.3 is 0 Å².